The van der Waals surface area contributed by atoms with Crippen molar-refractivity contribution in [3.8, 4) is 16.8 Å². The van der Waals surface area contributed by atoms with Gasteiger partial charge in [0.05, 0.1) is 36.3 Å². The second kappa shape index (κ2) is 8.19. The second-order valence-corrected chi connectivity index (χ2v) is 9.10. The molecule has 1 aliphatic heterocycles. The molecule has 6 heteroatoms. The molecule has 1 fully saturated rings. The predicted octanol–water partition coefficient (Wildman–Crippen LogP) is 4.69. The van der Waals surface area contributed by atoms with E-state index in [2.05, 4.69) is 65.2 Å². The number of aromatic nitrogens is 3. The Bertz CT molecular complexity index is 1340. The number of hydrogen-bond acceptors (Lipinski definition) is 5. The maximum Gasteiger partial charge on any atom is 0.147 e. The van der Waals surface area contributed by atoms with Crippen molar-refractivity contribution in [2.45, 2.75) is 32.6 Å². The summed E-state index contributed by atoms with van der Waals surface area (Å²) in [6.07, 6.45) is 6.76. The van der Waals surface area contributed by atoms with E-state index in [1.807, 2.05) is 0 Å². The van der Waals surface area contributed by atoms with Crippen molar-refractivity contribution in [3.05, 3.63) is 65.5 Å². The fourth-order valence-corrected chi connectivity index (χ4v) is 5.30. The van der Waals surface area contributed by atoms with Gasteiger partial charge < -0.3 is 15.4 Å². The molecular weight excluding hydrogens is 410 g/mol. The van der Waals surface area contributed by atoms with E-state index in [4.69, 9.17) is 20.6 Å². The van der Waals surface area contributed by atoms with Crippen molar-refractivity contribution in [1.29, 1.82) is 0 Å². The fraction of sp³-hybridized carbons (Fsp3) is 0.333. The summed E-state index contributed by atoms with van der Waals surface area (Å²) in [6.45, 7) is 5.29. The van der Waals surface area contributed by atoms with Gasteiger partial charge in [-0.05, 0) is 73.6 Å². The predicted molar refractivity (Wildman–Crippen MR) is 133 cm³/mol. The molecule has 6 rings (SSSR count). The van der Waals surface area contributed by atoms with E-state index >= 15 is 0 Å². The maximum atomic E-state index is 6.34. The molecule has 3 heterocycles. The molecule has 1 aliphatic carbocycles. The molecule has 2 aliphatic rings. The highest BCUT2D eigenvalue weighted by Gasteiger charge is 2.20. The fourth-order valence-electron chi connectivity index (χ4n) is 5.30. The molecule has 0 radical (unpaired) electrons. The van der Waals surface area contributed by atoms with E-state index < -0.39 is 0 Å². The molecule has 0 saturated carbocycles. The first-order valence-electron chi connectivity index (χ1n) is 11.9. The van der Waals surface area contributed by atoms with Crippen molar-refractivity contribution in [1.82, 2.24) is 14.8 Å². The van der Waals surface area contributed by atoms with Crippen molar-refractivity contribution < 1.29 is 4.74 Å². The summed E-state index contributed by atoms with van der Waals surface area (Å²) < 4.78 is 7.68. The molecule has 168 valence electrons. The number of nitrogens with zero attached hydrogens (tertiary/aromatic N) is 4. The molecule has 2 aromatic carbocycles. The summed E-state index contributed by atoms with van der Waals surface area (Å²) in [7, 11) is 0. The minimum Gasteiger partial charge on any atom is -0.382 e. The van der Waals surface area contributed by atoms with E-state index in [0.717, 1.165) is 61.4 Å². The summed E-state index contributed by atoms with van der Waals surface area (Å²) in [5.74, 6) is 0.580. The van der Waals surface area contributed by atoms with Crippen LogP contribution >= 0.6 is 0 Å². The van der Waals surface area contributed by atoms with Crippen LogP contribution in [0, 0.1) is 6.92 Å². The number of ether oxygens (including phenoxy) is 1. The Morgan fingerprint density at radius 2 is 1.82 bits per heavy atom. The molecule has 1 saturated heterocycles. The van der Waals surface area contributed by atoms with Crippen LogP contribution in [-0.2, 0) is 17.6 Å². The number of nitrogen functional groups attached to an aromatic ring is 1. The molecule has 2 aromatic heterocycles. The first-order chi connectivity index (χ1) is 16.2. The topological polar surface area (TPSA) is 69.2 Å². The number of morpholine rings is 1. The Hall–Kier alpha value is -3.38. The maximum absolute atomic E-state index is 6.34. The lowest BCUT2D eigenvalue weighted by Crippen LogP contribution is -2.36. The number of aryl methyl sites for hydroxylation is 2. The quantitative estimate of drug-likeness (QED) is 0.501. The van der Waals surface area contributed by atoms with Crippen molar-refractivity contribution in [2.75, 3.05) is 36.9 Å². The minimum absolute atomic E-state index is 0.580. The third-order valence-electron chi connectivity index (χ3n) is 7.01. The van der Waals surface area contributed by atoms with Crippen LogP contribution in [0.15, 0.2) is 48.7 Å². The van der Waals surface area contributed by atoms with Crippen molar-refractivity contribution in [3.63, 3.8) is 0 Å². The lowest BCUT2D eigenvalue weighted by atomic mass is 9.95. The summed E-state index contributed by atoms with van der Waals surface area (Å²) in [5.41, 5.74) is 15.8. The third kappa shape index (κ3) is 3.55. The van der Waals surface area contributed by atoms with Crippen molar-refractivity contribution >= 4 is 22.4 Å². The standard InChI is InChI=1S/C27H29N5O/c1-18-5-4-8-24(32-23-7-3-2-6-20(23)17-29-32)26(18)19-9-10-22-21(15-19)16-25(27(28)30-22)31-11-13-33-14-12-31/h4-5,8-10,15-17H,2-3,6-7,11-14H2,1H3,(H2,28,30). The summed E-state index contributed by atoms with van der Waals surface area (Å²) in [6, 6.07) is 15.2. The monoisotopic (exact) mass is 439 g/mol. The highest BCUT2D eigenvalue weighted by atomic mass is 16.5. The largest absolute Gasteiger partial charge is 0.382 e. The number of fused-ring (bicyclic) bond motifs is 2. The van der Waals surface area contributed by atoms with Gasteiger partial charge in [0.25, 0.3) is 0 Å². The molecule has 6 nitrogen and oxygen atoms in total. The van der Waals surface area contributed by atoms with E-state index in [0.29, 0.717) is 5.82 Å². The lowest BCUT2D eigenvalue weighted by Gasteiger charge is -2.29. The first kappa shape index (κ1) is 20.2. The third-order valence-corrected chi connectivity index (χ3v) is 7.01. The van der Waals surface area contributed by atoms with Gasteiger partial charge in [-0.1, -0.05) is 18.2 Å². The number of benzene rings is 2. The van der Waals surface area contributed by atoms with Crippen LogP contribution in [0.25, 0.3) is 27.7 Å². The van der Waals surface area contributed by atoms with Gasteiger partial charge >= 0.3 is 0 Å². The Labute approximate surface area is 194 Å². The van der Waals surface area contributed by atoms with Gasteiger partial charge in [-0.3, -0.25) is 0 Å². The normalized spacial score (nSPS) is 16.2. The van der Waals surface area contributed by atoms with Gasteiger partial charge in [-0.15, -0.1) is 0 Å². The highest BCUT2D eigenvalue weighted by molar-refractivity contribution is 5.91. The molecule has 2 N–H and O–H groups in total. The zero-order chi connectivity index (χ0) is 22.4. The van der Waals surface area contributed by atoms with Gasteiger partial charge in [-0.25, -0.2) is 9.67 Å². The van der Waals surface area contributed by atoms with Crippen LogP contribution in [0.3, 0.4) is 0 Å². The van der Waals surface area contributed by atoms with Crippen LogP contribution in [0.2, 0.25) is 0 Å². The SMILES string of the molecule is Cc1cccc(-n2ncc3c2CCCC3)c1-c1ccc2nc(N)c(N3CCOCC3)cc2c1. The minimum atomic E-state index is 0.580. The molecule has 4 aromatic rings. The Morgan fingerprint density at radius 3 is 2.70 bits per heavy atom. The molecule has 0 spiro atoms. The van der Waals surface area contributed by atoms with Gasteiger partial charge in [0, 0.05) is 29.7 Å². The molecular formula is C27H29N5O. The Morgan fingerprint density at radius 1 is 0.970 bits per heavy atom. The van der Waals surface area contributed by atoms with E-state index in [1.165, 1.54) is 40.8 Å². The number of hydrogen-bond donors (Lipinski definition) is 1. The smallest absolute Gasteiger partial charge is 0.147 e. The Kier molecular flexibility index (Phi) is 5.03. The zero-order valence-electron chi connectivity index (χ0n) is 19.1. The van der Waals surface area contributed by atoms with E-state index in [9.17, 15) is 0 Å². The van der Waals surface area contributed by atoms with E-state index in [-0.39, 0.29) is 0 Å². The molecule has 0 bridgehead atoms. The molecule has 0 unspecified atom stereocenters. The van der Waals surface area contributed by atoms with Gasteiger partial charge in [-0.2, -0.15) is 5.10 Å². The lowest BCUT2D eigenvalue weighted by molar-refractivity contribution is 0.123. The van der Waals surface area contributed by atoms with E-state index in [1.54, 1.807) is 0 Å². The van der Waals surface area contributed by atoms with Crippen LogP contribution in [-0.4, -0.2) is 41.1 Å². The summed E-state index contributed by atoms with van der Waals surface area (Å²) in [5, 5.41) is 5.91. The summed E-state index contributed by atoms with van der Waals surface area (Å²) in [4.78, 5) is 6.99. The van der Waals surface area contributed by atoms with Gasteiger partial charge in [0.15, 0.2) is 0 Å². The summed E-state index contributed by atoms with van der Waals surface area (Å²) >= 11 is 0. The van der Waals surface area contributed by atoms with Crippen LogP contribution < -0.4 is 10.6 Å². The highest BCUT2D eigenvalue weighted by Crippen LogP contribution is 2.35. The number of anilines is 2. The van der Waals surface area contributed by atoms with Gasteiger partial charge in [0.2, 0.25) is 0 Å². The molecule has 33 heavy (non-hydrogen) atoms. The average Bonchev–Trinajstić information content (AvgIpc) is 3.28. The number of nitrogens with two attached hydrogens (primary N) is 1. The molecule has 0 atom stereocenters. The first-order valence-corrected chi connectivity index (χ1v) is 11.9. The Balaban J connectivity index is 1.48. The second-order valence-electron chi connectivity index (χ2n) is 9.10. The van der Waals surface area contributed by atoms with Gasteiger partial charge in [0.1, 0.15) is 5.82 Å². The van der Waals surface area contributed by atoms with Crippen LogP contribution in [0.4, 0.5) is 11.5 Å². The average molecular weight is 440 g/mol. The molecule has 0 amide bonds. The number of rotatable bonds is 3. The zero-order valence-corrected chi connectivity index (χ0v) is 19.1. The van der Waals surface area contributed by atoms with Crippen LogP contribution in [0.5, 0.6) is 0 Å². The number of pyridine rings is 1. The van der Waals surface area contributed by atoms with Crippen LogP contribution in [0.1, 0.15) is 29.7 Å². The van der Waals surface area contributed by atoms with Crippen molar-refractivity contribution in [2.24, 2.45) is 0 Å².